The lowest BCUT2D eigenvalue weighted by atomic mass is 9.99. The van der Waals surface area contributed by atoms with E-state index in [2.05, 4.69) is 15.3 Å². The van der Waals surface area contributed by atoms with Crippen LogP contribution >= 0.6 is 46.6 Å². The third-order valence-electron chi connectivity index (χ3n) is 6.71. The minimum atomic E-state index is -2.01. The molecule has 3 aromatic carbocycles. The van der Waals surface area contributed by atoms with Gasteiger partial charge in [-0.25, -0.2) is 9.97 Å². The van der Waals surface area contributed by atoms with Crippen molar-refractivity contribution in [1.29, 1.82) is 0 Å². The van der Waals surface area contributed by atoms with Crippen molar-refractivity contribution in [3.63, 3.8) is 0 Å². The second-order valence-electron chi connectivity index (χ2n) is 9.70. The van der Waals surface area contributed by atoms with Crippen LogP contribution in [0.1, 0.15) is 41.1 Å². The molecule has 0 bridgehead atoms. The van der Waals surface area contributed by atoms with Crippen molar-refractivity contribution in [2.24, 2.45) is 0 Å². The first-order valence-corrected chi connectivity index (χ1v) is 15.3. The molecule has 0 radical (unpaired) electrons. The molecule has 1 aliphatic rings. The number of hydrogen-bond donors (Lipinski definition) is 2. The number of amides is 1. The number of alkyl halides is 3. The third kappa shape index (κ3) is 8.23. The summed E-state index contributed by atoms with van der Waals surface area (Å²) < 4.78 is 10.9. The summed E-state index contributed by atoms with van der Waals surface area (Å²) in [7, 11) is 0. The molecule has 0 saturated carbocycles. The zero-order valence-electron chi connectivity index (χ0n) is 22.3. The van der Waals surface area contributed by atoms with Gasteiger partial charge in [0, 0.05) is 36.7 Å². The summed E-state index contributed by atoms with van der Waals surface area (Å²) in [5, 5.41) is 12.8. The first-order valence-electron chi connectivity index (χ1n) is 13.2. The van der Waals surface area contributed by atoms with Crippen LogP contribution < -0.4 is 5.32 Å². The Hall–Kier alpha value is -2.69. The molecule has 7 nitrogen and oxygen atoms in total. The molecule has 2 N–H and O–H groups in total. The van der Waals surface area contributed by atoms with E-state index in [1.54, 1.807) is 30.2 Å². The second kappa shape index (κ2) is 14.2. The minimum Gasteiger partial charge on any atom is -0.392 e. The highest BCUT2D eigenvalue weighted by Gasteiger charge is 2.32. The molecule has 0 unspecified atom stereocenters. The molecular formula is C31H28Cl3N3O4S. The predicted octanol–water partition coefficient (Wildman–Crippen LogP) is 6.96. The number of rotatable bonds is 9. The number of halogens is 3. The maximum Gasteiger partial charge on any atom is 0.272 e. The van der Waals surface area contributed by atoms with E-state index < -0.39 is 16.0 Å². The highest BCUT2D eigenvalue weighted by atomic mass is 35.6. The van der Waals surface area contributed by atoms with E-state index in [1.165, 1.54) is 0 Å². The van der Waals surface area contributed by atoms with Gasteiger partial charge in [-0.3, -0.25) is 4.79 Å². The first-order chi connectivity index (χ1) is 20.3. The zero-order valence-corrected chi connectivity index (χ0v) is 25.4. The van der Waals surface area contributed by atoms with Crippen LogP contribution in [0.4, 0.5) is 0 Å². The number of aliphatic hydroxyl groups is 1. The van der Waals surface area contributed by atoms with Crippen LogP contribution in [0.15, 0.2) is 96.4 Å². The maximum atomic E-state index is 11.9. The molecule has 2 heterocycles. The average molecular weight is 645 g/mol. The fourth-order valence-electron chi connectivity index (χ4n) is 4.53. The van der Waals surface area contributed by atoms with E-state index in [9.17, 15) is 9.90 Å². The van der Waals surface area contributed by atoms with Gasteiger partial charge in [-0.1, -0.05) is 113 Å². The Labute approximate surface area is 263 Å². The van der Waals surface area contributed by atoms with Crippen molar-refractivity contribution in [2.75, 3.05) is 5.75 Å². The van der Waals surface area contributed by atoms with Crippen molar-refractivity contribution in [1.82, 2.24) is 15.3 Å². The summed E-state index contributed by atoms with van der Waals surface area (Å²) >= 11 is 18.5. The number of nitrogens with one attached hydrogen (secondary N) is 1. The summed E-state index contributed by atoms with van der Waals surface area (Å²) in [6.07, 6.45) is 3.28. The number of thioether (sulfide) groups is 1. The van der Waals surface area contributed by atoms with Crippen LogP contribution in [0.3, 0.4) is 0 Å². The lowest BCUT2D eigenvalue weighted by molar-refractivity contribution is -0.245. The second-order valence-corrected chi connectivity index (χ2v) is 13.0. The van der Waals surface area contributed by atoms with E-state index in [-0.39, 0.29) is 25.4 Å². The number of benzene rings is 3. The predicted molar refractivity (Wildman–Crippen MR) is 165 cm³/mol. The Morgan fingerprint density at radius 1 is 0.905 bits per heavy atom. The van der Waals surface area contributed by atoms with E-state index in [4.69, 9.17) is 44.3 Å². The van der Waals surface area contributed by atoms with Crippen molar-refractivity contribution < 1.29 is 19.4 Å². The Morgan fingerprint density at radius 2 is 1.62 bits per heavy atom. The highest BCUT2D eigenvalue weighted by molar-refractivity contribution is 7.99. The van der Waals surface area contributed by atoms with Gasteiger partial charge in [0.25, 0.3) is 9.70 Å². The molecule has 1 fully saturated rings. The van der Waals surface area contributed by atoms with Crippen molar-refractivity contribution >= 4 is 52.5 Å². The lowest BCUT2D eigenvalue weighted by Crippen LogP contribution is -2.33. The van der Waals surface area contributed by atoms with Crippen molar-refractivity contribution in [3.8, 4) is 11.1 Å². The van der Waals surface area contributed by atoms with Gasteiger partial charge in [0.2, 0.25) is 0 Å². The maximum absolute atomic E-state index is 11.9. The molecule has 0 spiro atoms. The van der Waals surface area contributed by atoms with Crippen LogP contribution in [0.25, 0.3) is 11.1 Å². The first kappa shape index (κ1) is 30.8. The fourth-order valence-corrected chi connectivity index (χ4v) is 5.55. The number of aromatic nitrogens is 2. The molecule has 218 valence electrons. The SMILES string of the molecule is O=C(NCc1cccc(-c2ccc([C@@H]3O[C@H](CSc4ncccn4)C[C@H](c4ccc(CO)cc4)O3)cc2)c1)C(Cl)(Cl)Cl. The number of hydrogen-bond acceptors (Lipinski definition) is 7. The number of ether oxygens (including phenoxy) is 2. The van der Waals surface area contributed by atoms with Gasteiger partial charge in [0.1, 0.15) is 0 Å². The van der Waals surface area contributed by atoms with E-state index in [0.29, 0.717) is 17.3 Å². The topological polar surface area (TPSA) is 93.6 Å². The normalized spacial score (nSPS) is 18.9. The largest absolute Gasteiger partial charge is 0.392 e. The number of carbonyl (C=O) groups excluding carboxylic acids is 1. The lowest BCUT2D eigenvalue weighted by Gasteiger charge is -2.36. The molecule has 0 aliphatic carbocycles. The van der Waals surface area contributed by atoms with E-state index in [0.717, 1.165) is 33.4 Å². The molecule has 5 rings (SSSR count). The number of aliphatic hydroxyl groups excluding tert-OH is 1. The summed E-state index contributed by atoms with van der Waals surface area (Å²) in [5.74, 6) is -0.000189. The molecule has 3 atom stereocenters. The Bertz CT molecular complexity index is 1470. The standard InChI is InChI=1S/C31H28Cl3N3O4S/c32-31(33,34)29(39)37-17-21-3-1-4-25(15-21)22-9-11-24(12-10-22)28-40-26(19-42-30-35-13-2-14-36-30)16-27(41-28)23-7-5-20(18-38)6-8-23/h1-15,26-28,38H,16-19H2,(H,37,39)/t26-,27+,28+/m0/s1. The highest BCUT2D eigenvalue weighted by Crippen LogP contribution is 2.39. The molecule has 1 aromatic heterocycles. The van der Waals surface area contributed by atoms with Gasteiger partial charge >= 0.3 is 0 Å². The smallest absolute Gasteiger partial charge is 0.272 e. The Kier molecular flexibility index (Phi) is 10.4. The Balaban J connectivity index is 1.31. The fraction of sp³-hybridized carbons (Fsp3) is 0.258. The van der Waals surface area contributed by atoms with Crippen molar-refractivity contribution in [3.05, 3.63) is 114 Å². The van der Waals surface area contributed by atoms with Crippen LogP contribution in [0, 0.1) is 0 Å². The van der Waals surface area contributed by atoms with Crippen LogP contribution in [-0.2, 0) is 27.4 Å². The summed E-state index contributed by atoms with van der Waals surface area (Å²) in [6, 6.07) is 25.4. The van der Waals surface area contributed by atoms with E-state index >= 15 is 0 Å². The summed E-state index contributed by atoms with van der Waals surface area (Å²) in [4.78, 5) is 20.5. The van der Waals surface area contributed by atoms with E-state index in [1.807, 2.05) is 72.8 Å². The molecule has 1 amide bonds. The molecular weight excluding hydrogens is 617 g/mol. The molecule has 11 heteroatoms. The average Bonchev–Trinajstić information content (AvgIpc) is 3.03. The van der Waals surface area contributed by atoms with Gasteiger partial charge in [-0.2, -0.15) is 0 Å². The van der Waals surface area contributed by atoms with Gasteiger partial charge in [-0.05, 0) is 39.9 Å². The number of carbonyl (C=O) groups is 1. The molecule has 1 saturated heterocycles. The Morgan fingerprint density at radius 3 is 2.31 bits per heavy atom. The summed E-state index contributed by atoms with van der Waals surface area (Å²) in [5.41, 5.74) is 5.62. The van der Waals surface area contributed by atoms with Crippen molar-refractivity contribution in [2.45, 2.75) is 47.0 Å². The van der Waals surface area contributed by atoms with Crippen LogP contribution in [0.5, 0.6) is 0 Å². The monoisotopic (exact) mass is 643 g/mol. The van der Waals surface area contributed by atoms with Crippen LogP contribution in [0.2, 0.25) is 0 Å². The van der Waals surface area contributed by atoms with Gasteiger partial charge in [0.05, 0.1) is 18.8 Å². The van der Waals surface area contributed by atoms with Gasteiger partial charge < -0.3 is 19.9 Å². The summed E-state index contributed by atoms with van der Waals surface area (Å²) in [6.45, 7) is 0.225. The molecule has 4 aromatic rings. The number of nitrogens with zero attached hydrogens (tertiary/aromatic N) is 2. The minimum absolute atomic E-state index is 0.00721. The molecule has 1 aliphatic heterocycles. The molecule has 42 heavy (non-hydrogen) atoms. The van der Waals surface area contributed by atoms with Gasteiger partial charge in [0.15, 0.2) is 11.4 Å². The van der Waals surface area contributed by atoms with Crippen LogP contribution in [-0.4, -0.2) is 36.6 Å². The van der Waals surface area contributed by atoms with Gasteiger partial charge in [-0.15, -0.1) is 0 Å². The zero-order chi connectivity index (χ0) is 29.5. The third-order valence-corrected chi connectivity index (χ3v) is 8.23. The quantitative estimate of drug-likeness (QED) is 0.116.